The van der Waals surface area contributed by atoms with Crippen LogP contribution in [0.25, 0.3) is 0 Å². The molecule has 0 saturated carbocycles. The average molecular weight is 222 g/mol. The largest absolute Gasteiger partial charge is 0.496 e. The number of aryl methyl sites for hydroxylation is 1. The van der Waals surface area contributed by atoms with E-state index in [1.807, 2.05) is 0 Å². The molecule has 0 amide bonds. The van der Waals surface area contributed by atoms with Gasteiger partial charge in [-0.3, -0.25) is 4.79 Å². The van der Waals surface area contributed by atoms with Gasteiger partial charge in [0, 0.05) is 5.56 Å². The Bertz CT molecular complexity index is 410. The number of hydrogen-bond acceptors (Lipinski definition) is 4. The molecule has 0 radical (unpaired) electrons. The molecule has 1 aromatic rings. The Labute approximate surface area is 94.2 Å². The van der Waals surface area contributed by atoms with Crippen molar-refractivity contribution in [2.75, 3.05) is 13.7 Å². The summed E-state index contributed by atoms with van der Waals surface area (Å²) in [4.78, 5) is 22.4. The van der Waals surface area contributed by atoms with Gasteiger partial charge in [-0.05, 0) is 31.5 Å². The second-order valence-corrected chi connectivity index (χ2v) is 3.25. The molecule has 0 unspecified atom stereocenters. The Hall–Kier alpha value is -1.84. The zero-order chi connectivity index (χ0) is 12.1. The van der Waals surface area contributed by atoms with Crippen molar-refractivity contribution in [1.29, 1.82) is 0 Å². The lowest BCUT2D eigenvalue weighted by Gasteiger charge is -2.09. The van der Waals surface area contributed by atoms with Gasteiger partial charge in [0.2, 0.25) is 0 Å². The zero-order valence-electron chi connectivity index (χ0n) is 9.57. The Kier molecular flexibility index (Phi) is 4.05. The molecule has 0 aliphatic heterocycles. The van der Waals surface area contributed by atoms with Crippen LogP contribution in [-0.4, -0.2) is 26.0 Å². The number of esters is 1. The molecule has 0 saturated heterocycles. The van der Waals surface area contributed by atoms with Gasteiger partial charge in [-0.25, -0.2) is 4.79 Å². The smallest absolute Gasteiger partial charge is 0.338 e. The first-order chi connectivity index (χ1) is 7.63. The van der Waals surface area contributed by atoms with E-state index >= 15 is 0 Å². The molecule has 4 nitrogen and oxygen atoms in total. The summed E-state index contributed by atoms with van der Waals surface area (Å²) in [6.45, 7) is 3.79. The molecular weight excluding hydrogens is 208 g/mol. The van der Waals surface area contributed by atoms with Crippen LogP contribution in [0.1, 0.15) is 33.2 Å². The Morgan fingerprint density at radius 2 is 2.12 bits per heavy atom. The minimum Gasteiger partial charge on any atom is -0.496 e. The van der Waals surface area contributed by atoms with E-state index in [1.165, 1.54) is 13.2 Å². The maximum Gasteiger partial charge on any atom is 0.338 e. The zero-order valence-corrected chi connectivity index (χ0v) is 9.57. The Morgan fingerprint density at radius 1 is 1.44 bits per heavy atom. The number of aldehydes is 1. The number of hydrogen-bond donors (Lipinski definition) is 0. The SMILES string of the molecule is CCOC(=O)c1cc(OC)c(C)cc1C=O. The first-order valence-electron chi connectivity index (χ1n) is 4.95. The van der Waals surface area contributed by atoms with E-state index in [1.54, 1.807) is 19.9 Å². The average Bonchev–Trinajstić information content (AvgIpc) is 2.28. The van der Waals surface area contributed by atoms with Crippen molar-refractivity contribution in [3.05, 3.63) is 28.8 Å². The summed E-state index contributed by atoms with van der Waals surface area (Å²) >= 11 is 0. The summed E-state index contributed by atoms with van der Waals surface area (Å²) < 4.78 is 9.95. The van der Waals surface area contributed by atoms with Crippen molar-refractivity contribution >= 4 is 12.3 Å². The third kappa shape index (κ3) is 2.39. The van der Waals surface area contributed by atoms with Gasteiger partial charge in [0.15, 0.2) is 6.29 Å². The monoisotopic (exact) mass is 222 g/mol. The molecule has 1 rings (SSSR count). The molecule has 0 bridgehead atoms. The molecule has 0 fully saturated rings. The number of rotatable bonds is 4. The number of benzene rings is 1. The van der Waals surface area contributed by atoms with Crippen LogP contribution in [0, 0.1) is 6.92 Å². The molecule has 0 aliphatic rings. The third-order valence-electron chi connectivity index (χ3n) is 2.19. The molecule has 1 aromatic carbocycles. The Balaban J connectivity index is 3.24. The van der Waals surface area contributed by atoms with Crippen LogP contribution in [0.15, 0.2) is 12.1 Å². The molecule has 4 heteroatoms. The molecule has 0 aromatic heterocycles. The van der Waals surface area contributed by atoms with Crippen LogP contribution in [-0.2, 0) is 4.74 Å². The lowest BCUT2D eigenvalue weighted by Crippen LogP contribution is -2.09. The fraction of sp³-hybridized carbons (Fsp3) is 0.333. The normalized spacial score (nSPS) is 9.69. The first-order valence-corrected chi connectivity index (χ1v) is 4.95. The highest BCUT2D eigenvalue weighted by Gasteiger charge is 2.15. The van der Waals surface area contributed by atoms with Gasteiger partial charge in [-0.15, -0.1) is 0 Å². The minimum absolute atomic E-state index is 0.235. The summed E-state index contributed by atoms with van der Waals surface area (Å²) in [6, 6.07) is 3.13. The van der Waals surface area contributed by atoms with E-state index < -0.39 is 5.97 Å². The van der Waals surface area contributed by atoms with Gasteiger partial charge in [0.05, 0.1) is 19.3 Å². The molecule has 0 spiro atoms. The maximum absolute atomic E-state index is 11.6. The van der Waals surface area contributed by atoms with E-state index in [0.717, 1.165) is 5.56 Å². The predicted octanol–water partition coefficient (Wildman–Crippen LogP) is 1.99. The Morgan fingerprint density at radius 3 is 2.62 bits per heavy atom. The second-order valence-electron chi connectivity index (χ2n) is 3.25. The van der Waals surface area contributed by atoms with E-state index in [4.69, 9.17) is 9.47 Å². The van der Waals surface area contributed by atoms with Crippen LogP contribution in [0.5, 0.6) is 5.75 Å². The molecule has 0 aliphatic carbocycles. The quantitative estimate of drug-likeness (QED) is 0.577. The second kappa shape index (κ2) is 5.30. The standard InChI is InChI=1S/C12H14O4/c1-4-16-12(14)10-6-11(15-3)8(2)5-9(10)7-13/h5-7H,4H2,1-3H3. The summed E-state index contributed by atoms with van der Waals surface area (Å²) in [5.74, 6) is 0.0524. The number of carbonyl (C=O) groups excluding carboxylic acids is 2. The van der Waals surface area contributed by atoms with Crippen LogP contribution in [0.2, 0.25) is 0 Å². The van der Waals surface area contributed by atoms with Crippen molar-refractivity contribution in [3.8, 4) is 5.75 Å². The molecule has 16 heavy (non-hydrogen) atoms. The van der Waals surface area contributed by atoms with Crippen molar-refractivity contribution in [1.82, 2.24) is 0 Å². The lowest BCUT2D eigenvalue weighted by atomic mass is 10.0. The van der Waals surface area contributed by atoms with E-state index in [-0.39, 0.29) is 12.2 Å². The van der Waals surface area contributed by atoms with Crippen LogP contribution in [0.4, 0.5) is 0 Å². The number of ether oxygens (including phenoxy) is 2. The summed E-state index contributed by atoms with van der Waals surface area (Å²) in [6.07, 6.45) is 0.638. The van der Waals surface area contributed by atoms with Crippen molar-refractivity contribution in [2.24, 2.45) is 0 Å². The van der Waals surface area contributed by atoms with Crippen molar-refractivity contribution in [2.45, 2.75) is 13.8 Å². The lowest BCUT2D eigenvalue weighted by molar-refractivity contribution is 0.0524. The van der Waals surface area contributed by atoms with Gasteiger partial charge in [0.25, 0.3) is 0 Å². The number of methoxy groups -OCH3 is 1. The third-order valence-corrected chi connectivity index (χ3v) is 2.19. The fourth-order valence-corrected chi connectivity index (χ4v) is 1.41. The van der Waals surface area contributed by atoms with Gasteiger partial charge in [-0.2, -0.15) is 0 Å². The topological polar surface area (TPSA) is 52.6 Å². The van der Waals surface area contributed by atoms with Gasteiger partial charge >= 0.3 is 5.97 Å². The highest BCUT2D eigenvalue weighted by atomic mass is 16.5. The van der Waals surface area contributed by atoms with E-state index in [2.05, 4.69) is 0 Å². The molecule has 0 heterocycles. The summed E-state index contributed by atoms with van der Waals surface area (Å²) in [5, 5.41) is 0. The molecule has 0 atom stereocenters. The van der Waals surface area contributed by atoms with Crippen molar-refractivity contribution < 1.29 is 19.1 Å². The highest BCUT2D eigenvalue weighted by Crippen LogP contribution is 2.22. The van der Waals surface area contributed by atoms with E-state index in [0.29, 0.717) is 17.6 Å². The van der Waals surface area contributed by atoms with Gasteiger partial charge < -0.3 is 9.47 Å². The van der Waals surface area contributed by atoms with Crippen LogP contribution in [0.3, 0.4) is 0 Å². The van der Waals surface area contributed by atoms with Gasteiger partial charge in [-0.1, -0.05) is 0 Å². The van der Waals surface area contributed by atoms with Crippen LogP contribution >= 0.6 is 0 Å². The first kappa shape index (κ1) is 12.2. The molecule has 86 valence electrons. The van der Waals surface area contributed by atoms with Crippen LogP contribution < -0.4 is 4.74 Å². The number of carbonyl (C=O) groups is 2. The van der Waals surface area contributed by atoms with Crippen molar-refractivity contribution in [3.63, 3.8) is 0 Å². The summed E-state index contributed by atoms with van der Waals surface area (Å²) in [7, 11) is 1.51. The predicted molar refractivity (Wildman–Crippen MR) is 59.1 cm³/mol. The van der Waals surface area contributed by atoms with Gasteiger partial charge in [0.1, 0.15) is 5.75 Å². The van der Waals surface area contributed by atoms with E-state index in [9.17, 15) is 9.59 Å². The summed E-state index contributed by atoms with van der Waals surface area (Å²) in [5.41, 5.74) is 1.36. The fourth-order valence-electron chi connectivity index (χ4n) is 1.41. The minimum atomic E-state index is -0.511. The molecular formula is C12H14O4. The highest BCUT2D eigenvalue weighted by molar-refractivity contribution is 5.98. The maximum atomic E-state index is 11.6. The molecule has 0 N–H and O–H groups in total.